The summed E-state index contributed by atoms with van der Waals surface area (Å²) in [5.41, 5.74) is 3.09. The molecule has 0 atom stereocenters. The Hall–Kier alpha value is -4.57. The monoisotopic (exact) mass is 470 g/mol. The van der Waals surface area contributed by atoms with Crippen molar-refractivity contribution in [3.05, 3.63) is 94.6 Å². The molecular weight excluding hydrogens is 444 g/mol. The lowest BCUT2D eigenvalue weighted by Crippen LogP contribution is -2.16. The van der Waals surface area contributed by atoms with Gasteiger partial charge in [0.15, 0.2) is 11.5 Å². The molecule has 7 nitrogen and oxygen atoms in total. The molecule has 1 amide bonds. The smallest absolute Gasteiger partial charge is 0.339 e. The molecule has 0 aliphatic rings. The van der Waals surface area contributed by atoms with Gasteiger partial charge in [0.2, 0.25) is 0 Å². The first-order chi connectivity index (χ1) is 16.9. The lowest BCUT2D eigenvalue weighted by atomic mass is 10.1. The number of para-hydroxylation sites is 1. The van der Waals surface area contributed by atoms with E-state index in [0.29, 0.717) is 30.3 Å². The van der Waals surface area contributed by atoms with Gasteiger partial charge in [-0.05, 0) is 55.3 Å². The zero-order chi connectivity index (χ0) is 25.2. The van der Waals surface area contributed by atoms with Crippen LogP contribution in [0, 0.1) is 18.3 Å². The molecule has 0 aliphatic heterocycles. The molecule has 0 saturated heterocycles. The van der Waals surface area contributed by atoms with Crippen molar-refractivity contribution in [1.82, 2.24) is 0 Å². The van der Waals surface area contributed by atoms with Crippen molar-refractivity contribution in [2.75, 3.05) is 19.0 Å². The summed E-state index contributed by atoms with van der Waals surface area (Å²) in [5, 5.41) is 12.2. The van der Waals surface area contributed by atoms with Crippen LogP contribution in [0.5, 0.6) is 11.5 Å². The maximum absolute atomic E-state index is 12.8. The lowest BCUT2D eigenvalue weighted by Gasteiger charge is -2.13. The predicted octanol–water partition coefficient (Wildman–Crippen LogP) is 5.31. The first-order valence-corrected chi connectivity index (χ1v) is 11.0. The predicted molar refractivity (Wildman–Crippen MR) is 133 cm³/mol. The number of nitrogens with one attached hydrogen (secondary N) is 1. The number of methoxy groups -OCH3 is 1. The number of rotatable bonds is 9. The van der Waals surface area contributed by atoms with Crippen molar-refractivity contribution in [3.63, 3.8) is 0 Å². The van der Waals surface area contributed by atoms with Gasteiger partial charge in [0.05, 0.1) is 25.0 Å². The molecule has 0 aromatic heterocycles. The van der Waals surface area contributed by atoms with Crippen molar-refractivity contribution in [2.45, 2.75) is 20.5 Å². The molecular formula is C28H26N2O5. The summed E-state index contributed by atoms with van der Waals surface area (Å²) in [5.74, 6) is -0.186. The number of benzene rings is 3. The number of nitriles is 1. The summed E-state index contributed by atoms with van der Waals surface area (Å²) in [4.78, 5) is 24.7. The van der Waals surface area contributed by atoms with Crippen LogP contribution in [-0.2, 0) is 16.1 Å². The van der Waals surface area contributed by atoms with Gasteiger partial charge in [-0.2, -0.15) is 5.26 Å². The van der Waals surface area contributed by atoms with E-state index in [0.717, 1.165) is 5.56 Å². The molecule has 3 aromatic rings. The average molecular weight is 471 g/mol. The summed E-state index contributed by atoms with van der Waals surface area (Å²) in [6.07, 6.45) is 1.45. The van der Waals surface area contributed by atoms with Gasteiger partial charge in [-0.3, -0.25) is 4.79 Å². The van der Waals surface area contributed by atoms with Crippen LogP contribution < -0.4 is 14.8 Å². The molecule has 0 aliphatic carbocycles. The van der Waals surface area contributed by atoms with E-state index < -0.39 is 11.9 Å². The minimum atomic E-state index is -0.651. The largest absolute Gasteiger partial charge is 0.490 e. The van der Waals surface area contributed by atoms with E-state index in [-0.39, 0.29) is 16.8 Å². The van der Waals surface area contributed by atoms with Gasteiger partial charge in [-0.1, -0.05) is 48.0 Å². The number of carbonyl (C=O) groups excluding carboxylic acids is 2. The normalized spacial score (nSPS) is 10.7. The van der Waals surface area contributed by atoms with Crippen LogP contribution in [0.15, 0.2) is 72.3 Å². The molecule has 1 N–H and O–H groups in total. The van der Waals surface area contributed by atoms with Crippen LogP contribution in [-0.4, -0.2) is 25.6 Å². The summed E-state index contributed by atoms with van der Waals surface area (Å²) < 4.78 is 16.4. The zero-order valence-corrected chi connectivity index (χ0v) is 19.8. The number of ether oxygens (including phenoxy) is 3. The highest BCUT2D eigenvalue weighted by atomic mass is 16.5. The Morgan fingerprint density at radius 2 is 1.74 bits per heavy atom. The van der Waals surface area contributed by atoms with Crippen LogP contribution in [0.3, 0.4) is 0 Å². The average Bonchev–Trinajstić information content (AvgIpc) is 2.87. The highest BCUT2D eigenvalue weighted by molar-refractivity contribution is 6.12. The van der Waals surface area contributed by atoms with Gasteiger partial charge in [-0.25, -0.2) is 4.79 Å². The Labute approximate surface area is 204 Å². The van der Waals surface area contributed by atoms with Crippen molar-refractivity contribution in [2.24, 2.45) is 0 Å². The molecule has 0 fully saturated rings. The molecule has 0 unspecified atom stereocenters. The third-order valence-corrected chi connectivity index (χ3v) is 5.04. The maximum Gasteiger partial charge on any atom is 0.339 e. The van der Waals surface area contributed by atoms with E-state index in [1.54, 1.807) is 36.4 Å². The Balaban J connectivity index is 1.80. The van der Waals surface area contributed by atoms with E-state index in [4.69, 9.17) is 14.2 Å². The Morgan fingerprint density at radius 1 is 1.00 bits per heavy atom. The topological polar surface area (TPSA) is 97.7 Å². The van der Waals surface area contributed by atoms with Crippen LogP contribution >= 0.6 is 0 Å². The van der Waals surface area contributed by atoms with Gasteiger partial charge in [0, 0.05) is 0 Å². The number of nitrogens with zero attached hydrogens (tertiary/aromatic N) is 1. The van der Waals surface area contributed by atoms with Crippen molar-refractivity contribution in [3.8, 4) is 17.6 Å². The fraction of sp³-hybridized carbons (Fsp3) is 0.179. The number of anilines is 1. The lowest BCUT2D eigenvalue weighted by molar-refractivity contribution is -0.112. The number of esters is 1. The molecule has 3 rings (SSSR count). The summed E-state index contributed by atoms with van der Waals surface area (Å²) >= 11 is 0. The second kappa shape index (κ2) is 12.1. The van der Waals surface area contributed by atoms with Crippen LogP contribution in [0.2, 0.25) is 0 Å². The van der Waals surface area contributed by atoms with Crippen LogP contribution in [0.25, 0.3) is 6.08 Å². The van der Waals surface area contributed by atoms with Crippen molar-refractivity contribution in [1.29, 1.82) is 5.26 Å². The molecule has 35 heavy (non-hydrogen) atoms. The van der Waals surface area contributed by atoms with Crippen LogP contribution in [0.1, 0.15) is 34.0 Å². The summed E-state index contributed by atoms with van der Waals surface area (Å²) in [7, 11) is 1.26. The highest BCUT2D eigenvalue weighted by Crippen LogP contribution is 2.30. The molecule has 0 spiro atoms. The molecule has 0 heterocycles. The third-order valence-electron chi connectivity index (χ3n) is 5.04. The molecule has 0 radical (unpaired) electrons. The second-order valence-electron chi connectivity index (χ2n) is 7.57. The molecule has 3 aromatic carbocycles. The summed E-state index contributed by atoms with van der Waals surface area (Å²) in [6.45, 7) is 4.68. The number of amides is 1. The van der Waals surface area contributed by atoms with Crippen molar-refractivity contribution >= 4 is 23.6 Å². The number of hydrogen-bond donors (Lipinski definition) is 1. The van der Waals surface area contributed by atoms with E-state index in [1.165, 1.54) is 24.8 Å². The van der Waals surface area contributed by atoms with Gasteiger partial charge in [0.1, 0.15) is 18.2 Å². The molecule has 0 saturated carbocycles. The molecule has 0 bridgehead atoms. The van der Waals surface area contributed by atoms with E-state index in [1.807, 2.05) is 44.2 Å². The van der Waals surface area contributed by atoms with Gasteiger partial charge in [0.25, 0.3) is 5.91 Å². The Kier molecular flexibility index (Phi) is 8.63. The standard InChI is InChI=1S/C28H26N2O5/c1-4-34-26-16-21(13-14-25(26)35-18-20-11-9-19(2)10-12-20)15-22(17-29)27(31)30-24-8-6-5-7-23(24)28(32)33-3/h5-16H,4,18H2,1-3H3,(H,30,31)/b22-15+. The van der Waals surface area contributed by atoms with Gasteiger partial charge in [-0.15, -0.1) is 0 Å². The quantitative estimate of drug-likeness (QED) is 0.259. The van der Waals surface area contributed by atoms with E-state index >= 15 is 0 Å². The summed E-state index contributed by atoms with van der Waals surface area (Å²) in [6, 6.07) is 21.6. The fourth-order valence-electron chi connectivity index (χ4n) is 3.23. The Morgan fingerprint density at radius 3 is 2.43 bits per heavy atom. The van der Waals surface area contributed by atoms with Crippen LogP contribution in [0.4, 0.5) is 5.69 Å². The van der Waals surface area contributed by atoms with Crippen molar-refractivity contribution < 1.29 is 23.8 Å². The SMILES string of the molecule is CCOc1cc(/C=C(\C#N)C(=O)Nc2ccccc2C(=O)OC)ccc1OCc1ccc(C)cc1. The molecule has 7 heteroatoms. The molecule has 178 valence electrons. The fourth-order valence-corrected chi connectivity index (χ4v) is 3.23. The van der Waals surface area contributed by atoms with E-state index in [2.05, 4.69) is 5.32 Å². The number of hydrogen-bond acceptors (Lipinski definition) is 6. The van der Waals surface area contributed by atoms with E-state index in [9.17, 15) is 14.9 Å². The minimum absolute atomic E-state index is 0.138. The first kappa shape index (κ1) is 25.1. The minimum Gasteiger partial charge on any atom is -0.490 e. The maximum atomic E-state index is 12.8. The van der Waals surface area contributed by atoms with Gasteiger partial charge >= 0.3 is 5.97 Å². The zero-order valence-electron chi connectivity index (χ0n) is 19.8. The highest BCUT2D eigenvalue weighted by Gasteiger charge is 2.16. The first-order valence-electron chi connectivity index (χ1n) is 11.0. The number of carbonyl (C=O) groups is 2. The third kappa shape index (κ3) is 6.71. The second-order valence-corrected chi connectivity index (χ2v) is 7.57. The van der Waals surface area contributed by atoms with Gasteiger partial charge < -0.3 is 19.5 Å². The number of aryl methyl sites for hydroxylation is 1. The Bertz CT molecular complexity index is 1270.